The molecule has 0 saturated heterocycles. The third-order valence-electron chi connectivity index (χ3n) is 4.51. The number of alkyl halides is 3. The van der Waals surface area contributed by atoms with Gasteiger partial charge in [0.1, 0.15) is 0 Å². The SMILES string of the molecule is O=C(NNS(=O)(=O)c1ccc([N+](=O)[O-])cc1)c1cccc(S(=O)(=O)Nc2cccc(C(F)(F)F)c2)c1. The summed E-state index contributed by atoms with van der Waals surface area (Å²) in [7, 11) is -8.75. The van der Waals surface area contributed by atoms with Gasteiger partial charge in [0.15, 0.2) is 0 Å². The molecule has 190 valence electrons. The molecule has 0 aliphatic heterocycles. The van der Waals surface area contributed by atoms with Crippen molar-refractivity contribution in [3.8, 4) is 0 Å². The fraction of sp³-hybridized carbons (Fsp3) is 0.0500. The fourth-order valence-electron chi connectivity index (χ4n) is 2.77. The highest BCUT2D eigenvalue weighted by molar-refractivity contribution is 7.92. The maximum absolute atomic E-state index is 12.9. The number of benzene rings is 3. The quantitative estimate of drug-likeness (QED) is 0.290. The first-order valence-electron chi connectivity index (χ1n) is 9.56. The van der Waals surface area contributed by atoms with E-state index in [1.165, 1.54) is 12.1 Å². The number of hydrogen-bond acceptors (Lipinski definition) is 7. The number of halogens is 3. The third kappa shape index (κ3) is 6.35. The number of nitro groups is 1. The van der Waals surface area contributed by atoms with Gasteiger partial charge in [-0.05, 0) is 48.5 Å². The molecule has 0 radical (unpaired) electrons. The number of anilines is 1. The van der Waals surface area contributed by atoms with Gasteiger partial charge < -0.3 is 0 Å². The lowest BCUT2D eigenvalue weighted by atomic mass is 10.2. The highest BCUT2D eigenvalue weighted by Gasteiger charge is 2.31. The van der Waals surface area contributed by atoms with E-state index in [-0.39, 0.29) is 16.9 Å². The second kappa shape index (κ2) is 9.92. The molecule has 3 aromatic carbocycles. The van der Waals surface area contributed by atoms with Crippen LogP contribution in [0.4, 0.5) is 24.5 Å². The van der Waals surface area contributed by atoms with E-state index in [0.29, 0.717) is 6.07 Å². The Kier molecular flexibility index (Phi) is 7.33. The Hall–Kier alpha value is -4.02. The highest BCUT2D eigenvalue weighted by atomic mass is 32.2. The number of amides is 1. The molecule has 3 aromatic rings. The van der Waals surface area contributed by atoms with E-state index in [4.69, 9.17) is 0 Å². The van der Waals surface area contributed by atoms with Gasteiger partial charge in [-0.1, -0.05) is 12.1 Å². The van der Waals surface area contributed by atoms with Gasteiger partial charge in [-0.15, -0.1) is 4.83 Å². The van der Waals surface area contributed by atoms with Crippen molar-refractivity contribution in [2.24, 2.45) is 0 Å². The summed E-state index contributed by atoms with van der Waals surface area (Å²) < 4.78 is 90.5. The second-order valence-corrected chi connectivity index (χ2v) is 10.4. The Morgan fingerprint density at radius 3 is 2.08 bits per heavy atom. The summed E-state index contributed by atoms with van der Waals surface area (Å²) in [6.45, 7) is 0. The molecule has 0 aromatic heterocycles. The van der Waals surface area contributed by atoms with Crippen LogP contribution in [0.5, 0.6) is 0 Å². The van der Waals surface area contributed by atoms with Crippen LogP contribution in [-0.4, -0.2) is 27.7 Å². The van der Waals surface area contributed by atoms with Crippen molar-refractivity contribution < 1.29 is 39.7 Å². The molecule has 3 N–H and O–H groups in total. The summed E-state index contributed by atoms with van der Waals surface area (Å²) in [5, 5.41) is 10.7. The first kappa shape index (κ1) is 26.6. The van der Waals surface area contributed by atoms with Crippen molar-refractivity contribution in [2.45, 2.75) is 16.0 Å². The molecule has 11 nitrogen and oxygen atoms in total. The molecule has 0 bridgehead atoms. The monoisotopic (exact) mass is 544 g/mol. The zero-order chi connectivity index (χ0) is 26.7. The molecule has 0 atom stereocenters. The van der Waals surface area contributed by atoms with E-state index < -0.39 is 52.4 Å². The Morgan fingerprint density at radius 2 is 1.47 bits per heavy atom. The van der Waals surface area contributed by atoms with Crippen LogP contribution in [0.1, 0.15) is 15.9 Å². The van der Waals surface area contributed by atoms with Gasteiger partial charge in [-0.2, -0.15) is 13.2 Å². The Bertz CT molecular complexity index is 1530. The lowest BCUT2D eigenvalue weighted by molar-refractivity contribution is -0.384. The van der Waals surface area contributed by atoms with Gasteiger partial charge in [-0.25, -0.2) is 16.8 Å². The smallest absolute Gasteiger partial charge is 0.280 e. The highest BCUT2D eigenvalue weighted by Crippen LogP contribution is 2.31. The zero-order valence-electron chi connectivity index (χ0n) is 17.7. The van der Waals surface area contributed by atoms with Gasteiger partial charge >= 0.3 is 6.18 Å². The Labute approximate surface area is 202 Å². The number of carbonyl (C=O) groups is 1. The molecule has 3 rings (SSSR count). The molecular weight excluding hydrogens is 529 g/mol. The third-order valence-corrected chi connectivity index (χ3v) is 7.15. The van der Waals surface area contributed by atoms with Crippen molar-refractivity contribution >= 4 is 37.3 Å². The number of sulfonamides is 2. The van der Waals surface area contributed by atoms with Gasteiger partial charge in [0, 0.05) is 23.4 Å². The van der Waals surface area contributed by atoms with Gasteiger partial charge in [0.25, 0.3) is 31.6 Å². The van der Waals surface area contributed by atoms with Crippen LogP contribution in [0.15, 0.2) is 82.6 Å². The van der Waals surface area contributed by atoms with E-state index in [9.17, 15) is 44.9 Å². The van der Waals surface area contributed by atoms with Gasteiger partial charge in [0.2, 0.25) is 0 Å². The molecule has 0 unspecified atom stereocenters. The van der Waals surface area contributed by atoms with E-state index in [1.54, 1.807) is 4.83 Å². The Morgan fingerprint density at radius 1 is 0.833 bits per heavy atom. The van der Waals surface area contributed by atoms with Gasteiger partial charge in [-0.3, -0.25) is 25.1 Å². The molecule has 0 heterocycles. The van der Waals surface area contributed by atoms with E-state index >= 15 is 0 Å². The molecule has 36 heavy (non-hydrogen) atoms. The summed E-state index contributed by atoms with van der Waals surface area (Å²) in [4.78, 5) is 23.2. The summed E-state index contributed by atoms with van der Waals surface area (Å²) in [6, 6.07) is 11.6. The minimum atomic E-state index is -4.69. The number of nitro benzene ring substituents is 1. The summed E-state index contributed by atoms with van der Waals surface area (Å²) >= 11 is 0. The molecule has 0 fully saturated rings. The maximum atomic E-state index is 12.9. The largest absolute Gasteiger partial charge is 0.416 e. The zero-order valence-corrected chi connectivity index (χ0v) is 19.3. The first-order valence-corrected chi connectivity index (χ1v) is 12.5. The van der Waals surface area contributed by atoms with E-state index in [2.05, 4.69) is 0 Å². The molecule has 0 aliphatic carbocycles. The molecular formula is C20H15F3N4O7S2. The van der Waals surface area contributed by atoms with Crippen molar-refractivity contribution in [1.82, 2.24) is 10.3 Å². The Balaban J connectivity index is 1.74. The normalized spacial score (nSPS) is 12.1. The predicted molar refractivity (Wildman–Crippen MR) is 120 cm³/mol. The number of rotatable bonds is 8. The van der Waals surface area contributed by atoms with Crippen LogP contribution in [0.2, 0.25) is 0 Å². The average Bonchev–Trinajstić information content (AvgIpc) is 2.82. The molecule has 0 saturated carbocycles. The summed E-state index contributed by atoms with van der Waals surface area (Å²) in [6.07, 6.45) is -4.69. The molecule has 0 aliphatic rings. The van der Waals surface area contributed by atoms with Crippen LogP contribution < -0.4 is 15.0 Å². The van der Waals surface area contributed by atoms with E-state index in [1.807, 2.05) is 10.1 Å². The molecule has 0 spiro atoms. The van der Waals surface area contributed by atoms with Crippen molar-refractivity contribution in [2.75, 3.05) is 4.72 Å². The van der Waals surface area contributed by atoms with Crippen LogP contribution in [0.3, 0.4) is 0 Å². The minimum Gasteiger partial charge on any atom is -0.280 e. The number of nitrogens with zero attached hydrogens (tertiary/aromatic N) is 1. The van der Waals surface area contributed by atoms with Crippen LogP contribution >= 0.6 is 0 Å². The van der Waals surface area contributed by atoms with Crippen LogP contribution in [0, 0.1) is 10.1 Å². The lowest BCUT2D eigenvalue weighted by Gasteiger charge is -2.12. The number of hydrogen-bond donors (Lipinski definition) is 3. The average molecular weight is 544 g/mol. The number of nitrogens with one attached hydrogen (secondary N) is 3. The summed E-state index contributed by atoms with van der Waals surface area (Å²) in [5.41, 5.74) is -0.212. The van der Waals surface area contributed by atoms with Crippen molar-refractivity contribution in [1.29, 1.82) is 0 Å². The van der Waals surface area contributed by atoms with E-state index in [0.717, 1.165) is 54.6 Å². The lowest BCUT2D eigenvalue weighted by Crippen LogP contribution is -2.41. The number of non-ortho nitro benzene ring substituents is 1. The minimum absolute atomic E-state index is 0.298. The van der Waals surface area contributed by atoms with Crippen molar-refractivity contribution in [3.63, 3.8) is 0 Å². The van der Waals surface area contributed by atoms with Crippen molar-refractivity contribution in [3.05, 3.63) is 94.0 Å². The molecule has 1 amide bonds. The summed E-state index contributed by atoms with van der Waals surface area (Å²) in [5.74, 6) is -1.06. The first-order chi connectivity index (χ1) is 16.7. The van der Waals surface area contributed by atoms with Gasteiger partial charge in [0.05, 0.1) is 20.3 Å². The maximum Gasteiger partial charge on any atom is 0.416 e. The number of carbonyl (C=O) groups excluding carboxylic acids is 1. The second-order valence-electron chi connectivity index (χ2n) is 7.02. The topological polar surface area (TPSA) is 165 Å². The van der Waals surface area contributed by atoms with Crippen LogP contribution in [0.25, 0.3) is 0 Å². The predicted octanol–water partition coefficient (Wildman–Crippen LogP) is 3.04. The molecule has 16 heteroatoms. The number of hydrazine groups is 1. The fourth-order valence-corrected chi connectivity index (χ4v) is 4.70. The van der Waals surface area contributed by atoms with Crippen LogP contribution in [-0.2, 0) is 26.2 Å². The standard InChI is InChI=1S/C20H15F3N4O7S2/c21-20(22,23)14-4-2-5-15(12-14)25-35(31,32)18-6-1-3-13(11-18)19(28)24-26-36(33,34)17-9-7-16(8-10-17)27(29)30/h1-12,25-26H,(H,24,28).